The van der Waals surface area contributed by atoms with E-state index in [1.165, 1.54) is 12.1 Å². The third-order valence-electron chi connectivity index (χ3n) is 3.22. The predicted molar refractivity (Wildman–Crippen MR) is 93.0 cm³/mol. The second-order valence-corrected chi connectivity index (χ2v) is 7.92. The maximum absolute atomic E-state index is 12.3. The number of sulfonamides is 1. The van der Waals surface area contributed by atoms with E-state index in [0.717, 1.165) is 16.1 Å². The molecule has 0 bridgehead atoms. The van der Waals surface area contributed by atoms with Crippen molar-refractivity contribution in [3.05, 3.63) is 70.7 Å². The van der Waals surface area contributed by atoms with Crippen molar-refractivity contribution in [1.29, 1.82) is 0 Å². The van der Waals surface area contributed by atoms with Gasteiger partial charge in [0, 0.05) is 17.8 Å². The Bertz CT molecular complexity index is 892. The van der Waals surface area contributed by atoms with Crippen molar-refractivity contribution in [3.8, 4) is 10.6 Å². The van der Waals surface area contributed by atoms with Crippen LogP contribution in [0, 0.1) is 0 Å². The number of nitrogens with one attached hydrogen (secondary N) is 1. The van der Waals surface area contributed by atoms with Gasteiger partial charge in [-0.05, 0) is 47.3 Å². The Morgan fingerprint density at radius 3 is 2.57 bits per heavy atom. The van der Waals surface area contributed by atoms with E-state index in [9.17, 15) is 8.42 Å². The molecule has 0 atom stereocenters. The van der Waals surface area contributed by atoms with Crippen LogP contribution >= 0.6 is 22.9 Å². The van der Waals surface area contributed by atoms with E-state index in [2.05, 4.69) is 9.71 Å². The molecule has 0 saturated heterocycles. The molecule has 0 radical (unpaired) electrons. The molecule has 0 aliphatic rings. The molecule has 0 spiro atoms. The van der Waals surface area contributed by atoms with Crippen LogP contribution in [0.25, 0.3) is 10.6 Å². The van der Waals surface area contributed by atoms with Crippen LogP contribution < -0.4 is 4.72 Å². The average molecular weight is 365 g/mol. The topological polar surface area (TPSA) is 59.1 Å². The van der Waals surface area contributed by atoms with E-state index in [1.807, 2.05) is 23.6 Å². The Morgan fingerprint density at radius 1 is 1.09 bits per heavy atom. The third-order valence-corrected chi connectivity index (χ3v) is 5.77. The highest BCUT2D eigenvalue weighted by molar-refractivity contribution is 7.89. The highest BCUT2D eigenvalue weighted by atomic mass is 35.5. The van der Waals surface area contributed by atoms with Gasteiger partial charge < -0.3 is 0 Å². The van der Waals surface area contributed by atoms with Crippen molar-refractivity contribution in [2.24, 2.45) is 0 Å². The van der Waals surface area contributed by atoms with Crippen molar-refractivity contribution >= 4 is 33.0 Å². The average Bonchev–Trinajstić information content (AvgIpc) is 3.08. The van der Waals surface area contributed by atoms with Crippen LogP contribution in [0.5, 0.6) is 0 Å². The maximum Gasteiger partial charge on any atom is 0.240 e. The first-order valence-corrected chi connectivity index (χ1v) is 9.53. The molecular weight excluding hydrogens is 352 g/mol. The molecule has 118 valence electrons. The van der Waals surface area contributed by atoms with Gasteiger partial charge in [0.1, 0.15) is 0 Å². The molecule has 23 heavy (non-hydrogen) atoms. The zero-order valence-corrected chi connectivity index (χ0v) is 14.3. The lowest BCUT2D eigenvalue weighted by molar-refractivity contribution is 0.581. The van der Waals surface area contributed by atoms with Gasteiger partial charge in [0.15, 0.2) is 0 Å². The van der Waals surface area contributed by atoms with Gasteiger partial charge in [-0.3, -0.25) is 4.98 Å². The van der Waals surface area contributed by atoms with E-state index in [-0.39, 0.29) is 11.4 Å². The Hall–Kier alpha value is -1.73. The highest BCUT2D eigenvalue weighted by Gasteiger charge is 2.15. The number of thiophene rings is 1. The van der Waals surface area contributed by atoms with Crippen molar-refractivity contribution in [2.75, 3.05) is 0 Å². The van der Waals surface area contributed by atoms with Crippen LogP contribution in [0.4, 0.5) is 0 Å². The molecule has 0 unspecified atom stereocenters. The van der Waals surface area contributed by atoms with Crippen LogP contribution in [0.15, 0.2) is 65.0 Å². The summed E-state index contributed by atoms with van der Waals surface area (Å²) in [5, 5.41) is 2.46. The summed E-state index contributed by atoms with van der Waals surface area (Å²) in [5.74, 6) is 0. The first kappa shape index (κ1) is 16.1. The molecule has 0 amide bonds. The molecule has 0 aliphatic heterocycles. The number of pyridine rings is 1. The molecule has 1 aromatic carbocycles. The molecule has 7 heteroatoms. The Morgan fingerprint density at radius 2 is 1.87 bits per heavy atom. The number of aromatic nitrogens is 1. The molecule has 3 rings (SSSR count). The molecule has 4 nitrogen and oxygen atoms in total. The fourth-order valence-corrected chi connectivity index (χ4v) is 3.98. The van der Waals surface area contributed by atoms with Crippen LogP contribution in [0.3, 0.4) is 0 Å². The minimum absolute atomic E-state index is 0.173. The first-order chi connectivity index (χ1) is 11.1. The largest absolute Gasteiger partial charge is 0.255 e. The van der Waals surface area contributed by atoms with Crippen molar-refractivity contribution < 1.29 is 8.42 Å². The summed E-state index contributed by atoms with van der Waals surface area (Å²) in [6.45, 7) is 0.173. The molecular formula is C16H13ClN2O2S2. The summed E-state index contributed by atoms with van der Waals surface area (Å²) in [7, 11) is -3.59. The van der Waals surface area contributed by atoms with Gasteiger partial charge in [-0.2, -0.15) is 0 Å². The van der Waals surface area contributed by atoms with E-state index >= 15 is 0 Å². The van der Waals surface area contributed by atoms with Crippen molar-refractivity contribution in [1.82, 2.24) is 9.71 Å². The lowest BCUT2D eigenvalue weighted by atomic mass is 10.2. The zero-order chi connectivity index (χ0) is 16.3. The molecule has 0 aliphatic carbocycles. The normalized spacial score (nSPS) is 11.5. The first-order valence-electron chi connectivity index (χ1n) is 6.79. The van der Waals surface area contributed by atoms with Crippen LogP contribution in [0.2, 0.25) is 5.02 Å². The number of hydrogen-bond acceptors (Lipinski definition) is 4. The van der Waals surface area contributed by atoms with Gasteiger partial charge in [0.2, 0.25) is 10.0 Å². The molecule has 3 aromatic rings. The minimum Gasteiger partial charge on any atom is -0.255 e. The second-order valence-electron chi connectivity index (χ2n) is 4.77. The van der Waals surface area contributed by atoms with Crippen LogP contribution in [-0.4, -0.2) is 13.4 Å². The van der Waals surface area contributed by atoms with E-state index in [1.54, 1.807) is 35.7 Å². The molecule has 2 heterocycles. The monoisotopic (exact) mass is 364 g/mol. The Balaban J connectivity index is 1.82. The summed E-state index contributed by atoms with van der Waals surface area (Å²) >= 11 is 7.36. The van der Waals surface area contributed by atoms with E-state index in [0.29, 0.717) is 5.02 Å². The Labute approximate surface area is 143 Å². The lowest BCUT2D eigenvalue weighted by Gasteiger charge is -2.09. The second kappa shape index (κ2) is 6.80. The van der Waals surface area contributed by atoms with E-state index < -0.39 is 10.0 Å². The van der Waals surface area contributed by atoms with Gasteiger partial charge in [0.05, 0.1) is 15.5 Å². The van der Waals surface area contributed by atoms with Crippen LogP contribution in [-0.2, 0) is 16.6 Å². The zero-order valence-electron chi connectivity index (χ0n) is 11.9. The number of halogens is 1. The summed E-state index contributed by atoms with van der Waals surface area (Å²) in [6.07, 6.45) is 1.70. The van der Waals surface area contributed by atoms with Gasteiger partial charge in [-0.25, -0.2) is 13.1 Å². The summed E-state index contributed by atoms with van der Waals surface area (Å²) in [6, 6.07) is 13.6. The number of nitrogens with zero attached hydrogens (tertiary/aromatic N) is 1. The molecule has 0 fully saturated rings. The standard InChI is InChI=1S/C16H13ClN2O2S2/c17-13-5-7-14(8-6-13)23(20,21)19-11-12-3-1-9-18-16(12)15-4-2-10-22-15/h1-10,19H,11H2. The predicted octanol–water partition coefficient (Wildman–Crippen LogP) is 3.94. The lowest BCUT2D eigenvalue weighted by Crippen LogP contribution is -2.23. The number of hydrogen-bond donors (Lipinski definition) is 1. The smallest absolute Gasteiger partial charge is 0.240 e. The molecule has 1 N–H and O–H groups in total. The fourth-order valence-electron chi connectivity index (χ4n) is 2.09. The Kier molecular flexibility index (Phi) is 4.77. The minimum atomic E-state index is -3.59. The number of benzene rings is 1. The quantitative estimate of drug-likeness (QED) is 0.745. The summed E-state index contributed by atoms with van der Waals surface area (Å²) in [5.41, 5.74) is 1.62. The summed E-state index contributed by atoms with van der Waals surface area (Å²) < 4.78 is 27.3. The third kappa shape index (κ3) is 3.79. The SMILES string of the molecule is O=S(=O)(NCc1cccnc1-c1cccs1)c1ccc(Cl)cc1. The van der Waals surface area contributed by atoms with Crippen LogP contribution in [0.1, 0.15) is 5.56 Å². The van der Waals surface area contributed by atoms with Gasteiger partial charge in [-0.1, -0.05) is 23.7 Å². The fraction of sp³-hybridized carbons (Fsp3) is 0.0625. The molecule has 2 aromatic heterocycles. The van der Waals surface area contributed by atoms with Gasteiger partial charge in [0.25, 0.3) is 0 Å². The van der Waals surface area contributed by atoms with Gasteiger partial charge in [-0.15, -0.1) is 11.3 Å². The van der Waals surface area contributed by atoms with Crippen molar-refractivity contribution in [3.63, 3.8) is 0 Å². The van der Waals surface area contributed by atoms with Gasteiger partial charge >= 0.3 is 0 Å². The molecule has 0 saturated carbocycles. The number of rotatable bonds is 5. The van der Waals surface area contributed by atoms with E-state index in [4.69, 9.17) is 11.6 Å². The summed E-state index contributed by atoms with van der Waals surface area (Å²) in [4.78, 5) is 5.55. The maximum atomic E-state index is 12.3. The van der Waals surface area contributed by atoms with Crippen molar-refractivity contribution in [2.45, 2.75) is 11.4 Å². The highest BCUT2D eigenvalue weighted by Crippen LogP contribution is 2.26.